The van der Waals surface area contributed by atoms with E-state index in [-0.39, 0.29) is 22.8 Å². The molecule has 0 aliphatic carbocycles. The van der Waals surface area contributed by atoms with E-state index in [4.69, 9.17) is 4.52 Å². The Hall–Kier alpha value is -2.39. The fourth-order valence-electron chi connectivity index (χ4n) is 4.42. The third-order valence-electron chi connectivity index (χ3n) is 6.01. The number of para-hydroxylation sites is 1. The van der Waals surface area contributed by atoms with Crippen LogP contribution in [0.25, 0.3) is 0 Å². The maximum atomic E-state index is 13.0. The SMILES string of the molecule is Cc1noc(C)c1S(=O)(=O)N1CCC(C(=O)N2CCC(Nc3ccccc3)C2)CC1. The number of carbonyl (C=O) groups excluding carboxylic acids is 1. The first-order valence-corrected chi connectivity index (χ1v) is 11.8. The molecule has 162 valence electrons. The lowest BCUT2D eigenvalue weighted by Gasteiger charge is -2.32. The summed E-state index contributed by atoms with van der Waals surface area (Å²) in [5, 5.41) is 7.25. The van der Waals surface area contributed by atoms with Crippen molar-refractivity contribution in [1.29, 1.82) is 0 Å². The number of hydrogen-bond acceptors (Lipinski definition) is 6. The number of benzene rings is 1. The molecule has 1 N–H and O–H groups in total. The number of nitrogens with zero attached hydrogens (tertiary/aromatic N) is 3. The van der Waals surface area contributed by atoms with Crippen molar-refractivity contribution in [1.82, 2.24) is 14.4 Å². The van der Waals surface area contributed by atoms with Crippen LogP contribution in [0.4, 0.5) is 5.69 Å². The molecule has 1 amide bonds. The normalized spacial score (nSPS) is 21.1. The fraction of sp³-hybridized carbons (Fsp3) is 0.524. The van der Waals surface area contributed by atoms with Crippen LogP contribution in [0.1, 0.15) is 30.7 Å². The highest BCUT2D eigenvalue weighted by atomic mass is 32.2. The van der Waals surface area contributed by atoms with E-state index in [1.807, 2.05) is 35.2 Å². The summed E-state index contributed by atoms with van der Waals surface area (Å²) in [6, 6.07) is 10.3. The molecular formula is C21H28N4O4S. The van der Waals surface area contributed by atoms with Crippen molar-refractivity contribution in [2.45, 2.75) is 44.0 Å². The van der Waals surface area contributed by atoms with Crippen LogP contribution < -0.4 is 5.32 Å². The summed E-state index contributed by atoms with van der Waals surface area (Å²) in [6.45, 7) is 5.33. The molecule has 1 atom stereocenters. The van der Waals surface area contributed by atoms with Crippen molar-refractivity contribution >= 4 is 21.6 Å². The lowest BCUT2D eigenvalue weighted by Crippen LogP contribution is -2.44. The highest BCUT2D eigenvalue weighted by molar-refractivity contribution is 7.89. The number of carbonyl (C=O) groups is 1. The second kappa shape index (κ2) is 8.39. The third kappa shape index (κ3) is 4.09. The monoisotopic (exact) mass is 432 g/mol. The molecule has 2 fully saturated rings. The van der Waals surface area contributed by atoms with E-state index in [1.165, 1.54) is 4.31 Å². The Labute approximate surface area is 177 Å². The van der Waals surface area contributed by atoms with E-state index in [9.17, 15) is 13.2 Å². The summed E-state index contributed by atoms with van der Waals surface area (Å²) in [4.78, 5) is 15.1. The number of anilines is 1. The molecule has 0 radical (unpaired) electrons. The first-order chi connectivity index (χ1) is 14.4. The zero-order chi connectivity index (χ0) is 21.3. The minimum absolute atomic E-state index is 0.128. The maximum absolute atomic E-state index is 13.0. The smallest absolute Gasteiger partial charge is 0.248 e. The van der Waals surface area contributed by atoms with Crippen molar-refractivity contribution in [3.8, 4) is 0 Å². The molecule has 1 unspecified atom stereocenters. The molecule has 0 saturated carbocycles. The van der Waals surface area contributed by atoms with Crippen molar-refractivity contribution in [3.63, 3.8) is 0 Å². The Kier molecular flexibility index (Phi) is 5.84. The Morgan fingerprint density at radius 1 is 1.10 bits per heavy atom. The Bertz CT molecular complexity index is 978. The first kappa shape index (κ1) is 20.9. The van der Waals surface area contributed by atoms with Gasteiger partial charge in [0, 0.05) is 43.8 Å². The predicted octanol–water partition coefficient (Wildman–Crippen LogP) is 2.41. The van der Waals surface area contributed by atoms with E-state index >= 15 is 0 Å². The molecule has 0 spiro atoms. The number of sulfonamides is 1. The van der Waals surface area contributed by atoms with E-state index in [1.54, 1.807) is 13.8 Å². The summed E-state index contributed by atoms with van der Waals surface area (Å²) >= 11 is 0. The average Bonchev–Trinajstić information content (AvgIpc) is 3.34. The van der Waals surface area contributed by atoms with Crippen LogP contribution in [0.2, 0.25) is 0 Å². The molecule has 0 bridgehead atoms. The second-order valence-electron chi connectivity index (χ2n) is 8.11. The van der Waals surface area contributed by atoms with Crippen molar-refractivity contribution in [2.75, 3.05) is 31.5 Å². The van der Waals surface area contributed by atoms with Crippen LogP contribution in [0.15, 0.2) is 39.8 Å². The quantitative estimate of drug-likeness (QED) is 0.780. The molecule has 1 aromatic heterocycles. The first-order valence-electron chi connectivity index (χ1n) is 10.4. The van der Waals surface area contributed by atoms with E-state index < -0.39 is 10.0 Å². The number of rotatable bonds is 5. The number of hydrogen-bond donors (Lipinski definition) is 1. The standard InChI is InChI=1S/C21H28N4O4S/c1-15-20(16(2)29-23-15)30(27,28)25-12-8-17(9-13-25)21(26)24-11-10-19(14-24)22-18-6-4-3-5-7-18/h3-7,17,19,22H,8-14H2,1-2H3. The molecule has 9 heteroatoms. The van der Waals surface area contributed by atoms with Gasteiger partial charge in [0.05, 0.1) is 0 Å². The number of likely N-dealkylation sites (tertiary alicyclic amines) is 1. The van der Waals surface area contributed by atoms with Crippen molar-refractivity contribution in [2.24, 2.45) is 5.92 Å². The van der Waals surface area contributed by atoms with Gasteiger partial charge in [-0.15, -0.1) is 0 Å². The van der Waals surface area contributed by atoms with Crippen molar-refractivity contribution < 1.29 is 17.7 Å². The van der Waals surface area contributed by atoms with Gasteiger partial charge in [0.25, 0.3) is 0 Å². The largest absolute Gasteiger partial charge is 0.380 e. The zero-order valence-electron chi connectivity index (χ0n) is 17.4. The molecule has 30 heavy (non-hydrogen) atoms. The van der Waals surface area contributed by atoms with E-state index in [0.717, 1.165) is 18.7 Å². The highest BCUT2D eigenvalue weighted by Crippen LogP contribution is 2.29. The molecule has 4 rings (SSSR count). The fourth-order valence-corrected chi connectivity index (χ4v) is 6.18. The van der Waals surface area contributed by atoms with Gasteiger partial charge in [-0.2, -0.15) is 4.31 Å². The Morgan fingerprint density at radius 3 is 2.43 bits per heavy atom. The van der Waals surface area contributed by atoms with E-state index in [2.05, 4.69) is 10.5 Å². The van der Waals surface area contributed by atoms with Gasteiger partial charge in [0.15, 0.2) is 5.76 Å². The molecule has 1 aromatic carbocycles. The van der Waals surface area contributed by atoms with Gasteiger partial charge in [0.2, 0.25) is 15.9 Å². The third-order valence-corrected chi connectivity index (χ3v) is 8.16. The van der Waals surface area contributed by atoms with Crippen LogP contribution in [0.5, 0.6) is 0 Å². The maximum Gasteiger partial charge on any atom is 0.248 e. The number of amides is 1. The Balaban J connectivity index is 1.33. The highest BCUT2D eigenvalue weighted by Gasteiger charge is 2.37. The summed E-state index contributed by atoms with van der Waals surface area (Å²) < 4.78 is 32.4. The minimum Gasteiger partial charge on any atom is -0.380 e. The lowest BCUT2D eigenvalue weighted by molar-refractivity contribution is -0.135. The second-order valence-corrected chi connectivity index (χ2v) is 9.99. The van der Waals surface area contributed by atoms with Crippen LogP contribution >= 0.6 is 0 Å². The molecule has 2 aliphatic heterocycles. The predicted molar refractivity (Wildman–Crippen MR) is 113 cm³/mol. The van der Waals surface area contributed by atoms with Gasteiger partial charge in [-0.05, 0) is 45.2 Å². The van der Waals surface area contributed by atoms with Crippen LogP contribution in [-0.4, -0.2) is 60.9 Å². The van der Waals surface area contributed by atoms with Crippen LogP contribution in [-0.2, 0) is 14.8 Å². The summed E-state index contributed by atoms with van der Waals surface area (Å²) in [5.74, 6) is 0.318. The Morgan fingerprint density at radius 2 is 1.80 bits per heavy atom. The molecular weight excluding hydrogens is 404 g/mol. The van der Waals surface area contributed by atoms with Gasteiger partial charge in [-0.1, -0.05) is 23.4 Å². The molecule has 2 aromatic rings. The topological polar surface area (TPSA) is 95.8 Å². The van der Waals surface area contributed by atoms with Gasteiger partial charge in [-0.3, -0.25) is 4.79 Å². The van der Waals surface area contributed by atoms with Gasteiger partial charge in [0.1, 0.15) is 10.6 Å². The summed E-state index contributed by atoms with van der Waals surface area (Å²) in [5.41, 5.74) is 1.44. The molecule has 8 nitrogen and oxygen atoms in total. The summed E-state index contributed by atoms with van der Waals surface area (Å²) in [7, 11) is -3.65. The zero-order valence-corrected chi connectivity index (χ0v) is 18.2. The van der Waals surface area contributed by atoms with Gasteiger partial charge < -0.3 is 14.7 Å². The molecule has 2 saturated heterocycles. The minimum atomic E-state index is -3.65. The molecule has 3 heterocycles. The number of aromatic nitrogens is 1. The number of aryl methyl sites for hydroxylation is 2. The lowest BCUT2D eigenvalue weighted by atomic mass is 9.96. The average molecular weight is 433 g/mol. The molecule has 2 aliphatic rings. The van der Waals surface area contributed by atoms with Crippen molar-refractivity contribution in [3.05, 3.63) is 41.8 Å². The number of piperidine rings is 1. The van der Waals surface area contributed by atoms with Crippen LogP contribution in [0, 0.1) is 19.8 Å². The van der Waals surface area contributed by atoms with Crippen LogP contribution in [0.3, 0.4) is 0 Å². The summed E-state index contributed by atoms with van der Waals surface area (Å²) in [6.07, 6.45) is 1.99. The number of nitrogens with one attached hydrogen (secondary N) is 1. The van der Waals surface area contributed by atoms with Gasteiger partial charge in [-0.25, -0.2) is 8.42 Å². The van der Waals surface area contributed by atoms with Gasteiger partial charge >= 0.3 is 0 Å². The van der Waals surface area contributed by atoms with E-state index in [0.29, 0.717) is 43.9 Å².